The normalized spacial score (nSPS) is 13.9. The molecule has 1 rings (SSSR count). The molecule has 0 bridgehead atoms. The molecule has 1 heterocycles. The maximum Gasteiger partial charge on any atom is 0.340 e. The second-order valence-corrected chi connectivity index (χ2v) is 7.66. The van der Waals surface area contributed by atoms with Crippen molar-refractivity contribution in [3.05, 3.63) is 17.1 Å². The molecule has 7 heteroatoms. The van der Waals surface area contributed by atoms with Crippen LogP contribution in [0.1, 0.15) is 49.1 Å². The number of furan rings is 1. The van der Waals surface area contributed by atoms with Gasteiger partial charge in [-0.1, -0.05) is 13.8 Å². The van der Waals surface area contributed by atoms with Crippen molar-refractivity contribution in [3.63, 3.8) is 0 Å². The summed E-state index contributed by atoms with van der Waals surface area (Å²) >= 11 is 0. The number of sulfonamides is 1. The van der Waals surface area contributed by atoms with Crippen LogP contribution in [0.25, 0.3) is 0 Å². The van der Waals surface area contributed by atoms with Gasteiger partial charge in [-0.15, -0.1) is 0 Å². The zero-order chi connectivity index (χ0) is 16.5. The number of aryl methyl sites for hydroxylation is 2. The summed E-state index contributed by atoms with van der Waals surface area (Å²) in [5.74, 6) is -0.756. The van der Waals surface area contributed by atoms with Crippen LogP contribution >= 0.6 is 0 Å². The SMILES string of the molecule is Cc1oc(C)c(S(=O)(=O)N(C)C(C)CC(C)C)c1C(=O)O. The minimum atomic E-state index is -3.91. The number of aromatic carboxylic acids is 1. The highest BCUT2D eigenvalue weighted by molar-refractivity contribution is 7.89. The van der Waals surface area contributed by atoms with E-state index < -0.39 is 16.0 Å². The third kappa shape index (κ3) is 3.47. The van der Waals surface area contributed by atoms with Crippen molar-refractivity contribution in [3.8, 4) is 0 Å². The molecule has 0 amide bonds. The Morgan fingerprint density at radius 3 is 2.19 bits per heavy atom. The summed E-state index contributed by atoms with van der Waals surface area (Å²) < 4.78 is 31.9. The maximum atomic E-state index is 12.7. The second kappa shape index (κ2) is 6.19. The lowest BCUT2D eigenvalue weighted by Gasteiger charge is -2.25. The summed E-state index contributed by atoms with van der Waals surface area (Å²) in [5, 5.41) is 9.25. The van der Waals surface area contributed by atoms with Gasteiger partial charge in [-0.05, 0) is 33.1 Å². The van der Waals surface area contributed by atoms with E-state index in [4.69, 9.17) is 4.42 Å². The van der Waals surface area contributed by atoms with E-state index in [2.05, 4.69) is 0 Å². The van der Waals surface area contributed by atoms with Gasteiger partial charge < -0.3 is 9.52 Å². The Labute approximate surface area is 125 Å². The summed E-state index contributed by atoms with van der Waals surface area (Å²) in [6.07, 6.45) is 0.689. The monoisotopic (exact) mass is 317 g/mol. The largest absolute Gasteiger partial charge is 0.478 e. The maximum absolute atomic E-state index is 12.7. The Balaban J connectivity index is 3.35. The van der Waals surface area contributed by atoms with Gasteiger partial charge in [0, 0.05) is 13.1 Å². The molecular weight excluding hydrogens is 294 g/mol. The summed E-state index contributed by atoms with van der Waals surface area (Å²) in [4.78, 5) is 11.1. The van der Waals surface area contributed by atoms with Crippen LogP contribution < -0.4 is 0 Å². The standard InChI is InChI=1S/C14H23NO5S/c1-8(2)7-9(3)15(6)21(18,19)13-11(5)20-10(4)12(13)14(16)17/h8-9H,7H2,1-6H3,(H,16,17). The molecule has 0 aliphatic carbocycles. The summed E-state index contributed by atoms with van der Waals surface area (Å²) in [7, 11) is -2.44. The van der Waals surface area contributed by atoms with Gasteiger partial charge in [-0.3, -0.25) is 0 Å². The fourth-order valence-corrected chi connectivity index (χ4v) is 4.17. The van der Waals surface area contributed by atoms with Crippen LogP contribution in [0, 0.1) is 19.8 Å². The predicted molar refractivity (Wildman–Crippen MR) is 79.0 cm³/mol. The average Bonchev–Trinajstić information content (AvgIpc) is 2.62. The van der Waals surface area contributed by atoms with E-state index in [-0.39, 0.29) is 28.0 Å². The quantitative estimate of drug-likeness (QED) is 0.871. The van der Waals surface area contributed by atoms with E-state index in [1.54, 1.807) is 6.92 Å². The molecule has 0 fully saturated rings. The van der Waals surface area contributed by atoms with Gasteiger partial charge in [0.15, 0.2) is 0 Å². The van der Waals surface area contributed by atoms with Crippen LogP contribution in [0.4, 0.5) is 0 Å². The molecule has 120 valence electrons. The molecule has 1 aromatic heterocycles. The van der Waals surface area contributed by atoms with Crippen molar-refractivity contribution in [2.75, 3.05) is 7.05 Å². The van der Waals surface area contributed by atoms with Crippen LogP contribution in [0.5, 0.6) is 0 Å². The molecule has 1 atom stereocenters. The van der Waals surface area contributed by atoms with E-state index >= 15 is 0 Å². The number of carboxylic acid groups (broad SMARTS) is 1. The number of carbonyl (C=O) groups is 1. The van der Waals surface area contributed by atoms with Crippen molar-refractivity contribution in [2.45, 2.75) is 52.0 Å². The van der Waals surface area contributed by atoms with Crippen LogP contribution in [-0.4, -0.2) is 36.9 Å². The summed E-state index contributed by atoms with van der Waals surface area (Å²) in [5.41, 5.74) is -0.281. The highest BCUT2D eigenvalue weighted by Crippen LogP contribution is 2.30. The molecule has 21 heavy (non-hydrogen) atoms. The van der Waals surface area contributed by atoms with E-state index in [1.807, 2.05) is 13.8 Å². The minimum absolute atomic E-state index is 0.100. The molecule has 0 spiro atoms. The Hall–Kier alpha value is -1.34. The van der Waals surface area contributed by atoms with E-state index in [9.17, 15) is 18.3 Å². The number of carboxylic acids is 1. The average molecular weight is 317 g/mol. The zero-order valence-corrected chi connectivity index (χ0v) is 14.1. The van der Waals surface area contributed by atoms with Gasteiger partial charge in [0.05, 0.1) is 0 Å². The van der Waals surface area contributed by atoms with E-state index in [1.165, 1.54) is 25.2 Å². The molecular formula is C14H23NO5S. The van der Waals surface area contributed by atoms with Crippen LogP contribution in [0.3, 0.4) is 0 Å². The Morgan fingerprint density at radius 1 is 1.24 bits per heavy atom. The Morgan fingerprint density at radius 2 is 1.76 bits per heavy atom. The summed E-state index contributed by atoms with van der Waals surface area (Å²) in [6.45, 7) is 8.74. The topological polar surface area (TPSA) is 87.8 Å². The molecule has 1 unspecified atom stereocenters. The highest BCUT2D eigenvalue weighted by Gasteiger charge is 2.35. The molecule has 0 aliphatic rings. The number of hydrogen-bond acceptors (Lipinski definition) is 4. The fourth-order valence-electron chi connectivity index (χ4n) is 2.43. The molecule has 0 saturated heterocycles. The molecule has 6 nitrogen and oxygen atoms in total. The lowest BCUT2D eigenvalue weighted by Crippen LogP contribution is -2.36. The Bertz CT molecular complexity index is 630. The number of nitrogens with zero attached hydrogens (tertiary/aromatic N) is 1. The first-order valence-electron chi connectivity index (χ1n) is 6.81. The van der Waals surface area contributed by atoms with Crippen LogP contribution in [0.2, 0.25) is 0 Å². The molecule has 0 aromatic carbocycles. The van der Waals surface area contributed by atoms with Gasteiger partial charge in [0.25, 0.3) is 0 Å². The molecule has 0 radical (unpaired) electrons. The van der Waals surface area contributed by atoms with Crippen molar-refractivity contribution in [1.29, 1.82) is 0 Å². The van der Waals surface area contributed by atoms with Crippen molar-refractivity contribution in [1.82, 2.24) is 4.31 Å². The lowest BCUT2D eigenvalue weighted by atomic mass is 10.1. The second-order valence-electron chi connectivity index (χ2n) is 5.72. The van der Waals surface area contributed by atoms with Crippen molar-refractivity contribution < 1.29 is 22.7 Å². The lowest BCUT2D eigenvalue weighted by molar-refractivity contribution is 0.0691. The van der Waals surface area contributed by atoms with Gasteiger partial charge in [-0.25, -0.2) is 13.2 Å². The number of rotatable bonds is 6. The molecule has 0 saturated carbocycles. The van der Waals surface area contributed by atoms with Gasteiger partial charge >= 0.3 is 5.97 Å². The van der Waals surface area contributed by atoms with Crippen LogP contribution in [-0.2, 0) is 10.0 Å². The third-order valence-electron chi connectivity index (χ3n) is 3.49. The van der Waals surface area contributed by atoms with Crippen molar-refractivity contribution >= 4 is 16.0 Å². The first-order chi connectivity index (χ1) is 9.50. The third-order valence-corrected chi connectivity index (χ3v) is 5.61. The predicted octanol–water partition coefficient (Wildman–Crippen LogP) is 2.65. The van der Waals surface area contributed by atoms with Crippen molar-refractivity contribution in [2.24, 2.45) is 5.92 Å². The first-order valence-corrected chi connectivity index (χ1v) is 8.25. The number of hydrogen-bond donors (Lipinski definition) is 1. The first kappa shape index (κ1) is 17.7. The smallest absolute Gasteiger partial charge is 0.340 e. The van der Waals surface area contributed by atoms with Gasteiger partial charge in [0.2, 0.25) is 10.0 Å². The zero-order valence-electron chi connectivity index (χ0n) is 13.3. The van der Waals surface area contributed by atoms with Gasteiger partial charge in [0.1, 0.15) is 22.0 Å². The molecule has 1 aromatic rings. The van der Waals surface area contributed by atoms with Crippen LogP contribution in [0.15, 0.2) is 9.31 Å². The van der Waals surface area contributed by atoms with Gasteiger partial charge in [-0.2, -0.15) is 4.31 Å². The minimum Gasteiger partial charge on any atom is -0.478 e. The highest BCUT2D eigenvalue weighted by atomic mass is 32.2. The molecule has 1 N–H and O–H groups in total. The molecule has 0 aliphatic heterocycles. The van der Waals surface area contributed by atoms with E-state index in [0.717, 1.165) is 0 Å². The summed E-state index contributed by atoms with van der Waals surface area (Å²) in [6, 6.07) is -0.230. The fraction of sp³-hybridized carbons (Fsp3) is 0.643. The Kier molecular flexibility index (Phi) is 5.22. The van der Waals surface area contributed by atoms with E-state index in [0.29, 0.717) is 12.3 Å².